The number of hydrogen-bond donors (Lipinski definition) is 0. The molecule has 5 nitrogen and oxygen atoms in total. The van der Waals surface area contributed by atoms with Gasteiger partial charge in [-0.25, -0.2) is 0 Å². The van der Waals surface area contributed by atoms with Crippen LogP contribution in [0.1, 0.15) is 58.5 Å². The molecule has 0 radical (unpaired) electrons. The van der Waals surface area contributed by atoms with E-state index in [1.165, 1.54) is 10.4 Å². The minimum Gasteiger partial charge on any atom is -0.404 e. The molecule has 0 bridgehead atoms. The minimum atomic E-state index is -2.82. The lowest BCUT2D eigenvalue weighted by Gasteiger charge is -2.56. The summed E-state index contributed by atoms with van der Waals surface area (Å²) in [5.41, 5.74) is 0.696. The van der Waals surface area contributed by atoms with Crippen molar-refractivity contribution in [3.8, 4) is 0 Å². The maximum Gasteiger partial charge on any atom is 0.261 e. The summed E-state index contributed by atoms with van der Waals surface area (Å²) in [4.78, 5) is 0. The first-order valence-corrected chi connectivity index (χ1v) is 18.0. The van der Waals surface area contributed by atoms with E-state index in [1.807, 2.05) is 48.5 Å². The molecule has 0 unspecified atom stereocenters. The van der Waals surface area contributed by atoms with E-state index in [9.17, 15) is 0 Å². The van der Waals surface area contributed by atoms with Crippen LogP contribution in [0.2, 0.25) is 5.04 Å². The molecule has 0 aromatic heterocycles. The fourth-order valence-corrected chi connectivity index (χ4v) is 11.7. The topological polar surface area (TPSA) is 46.2 Å². The Hall–Kier alpha value is -3.10. The zero-order valence-electron chi connectivity index (χ0n) is 27.1. The molecule has 2 aliphatic heterocycles. The van der Waals surface area contributed by atoms with Crippen LogP contribution in [-0.2, 0) is 30.0 Å². The van der Waals surface area contributed by atoms with Gasteiger partial charge < -0.3 is 23.4 Å². The van der Waals surface area contributed by atoms with Gasteiger partial charge in [0.1, 0.15) is 11.2 Å². The smallest absolute Gasteiger partial charge is 0.261 e. The van der Waals surface area contributed by atoms with E-state index in [1.54, 1.807) is 0 Å². The largest absolute Gasteiger partial charge is 0.404 e. The van der Waals surface area contributed by atoms with Crippen molar-refractivity contribution in [1.29, 1.82) is 0 Å². The average Bonchev–Trinajstić information content (AvgIpc) is 3.05. The van der Waals surface area contributed by atoms with Gasteiger partial charge in [-0.2, -0.15) is 0 Å². The highest BCUT2D eigenvalue weighted by atomic mass is 28.4. The Morgan fingerprint density at radius 3 is 1.84 bits per heavy atom. The van der Waals surface area contributed by atoms with Crippen LogP contribution >= 0.6 is 0 Å². The second-order valence-electron chi connectivity index (χ2n) is 13.9. The Kier molecular flexibility index (Phi) is 9.17. The summed E-state index contributed by atoms with van der Waals surface area (Å²) in [5.74, 6) is 0. The Bertz CT molecular complexity index is 1470. The molecule has 0 amide bonds. The second-order valence-corrected chi connectivity index (χ2v) is 18.2. The van der Waals surface area contributed by atoms with Gasteiger partial charge in [0.15, 0.2) is 6.29 Å². The molecule has 2 fully saturated rings. The first-order chi connectivity index (χ1) is 21.6. The van der Waals surface area contributed by atoms with E-state index in [-0.39, 0.29) is 17.2 Å². The van der Waals surface area contributed by atoms with Gasteiger partial charge in [-0.3, -0.25) is 0 Å². The number of fused-ring (bicyclic) bond motifs is 1. The molecule has 6 rings (SSSR count). The third-order valence-electron chi connectivity index (χ3n) is 9.42. The molecule has 2 aliphatic rings. The summed E-state index contributed by atoms with van der Waals surface area (Å²) in [6, 6.07) is 41.9. The Morgan fingerprint density at radius 1 is 0.756 bits per heavy atom. The molecule has 0 saturated carbocycles. The van der Waals surface area contributed by atoms with Gasteiger partial charge in [-0.1, -0.05) is 142 Å². The molecule has 45 heavy (non-hydrogen) atoms. The summed E-state index contributed by atoms with van der Waals surface area (Å²) in [5, 5.41) is 2.32. The summed E-state index contributed by atoms with van der Waals surface area (Å²) in [6.07, 6.45) is -0.265. The molecular weight excluding hydrogens is 577 g/mol. The van der Waals surface area contributed by atoms with Crippen LogP contribution in [0.5, 0.6) is 0 Å². The molecule has 2 heterocycles. The summed E-state index contributed by atoms with van der Waals surface area (Å²) >= 11 is 0. The van der Waals surface area contributed by atoms with Crippen molar-refractivity contribution < 1.29 is 23.4 Å². The van der Waals surface area contributed by atoms with Crippen LogP contribution in [0.3, 0.4) is 0 Å². The Balaban J connectivity index is 1.34. The lowest BCUT2D eigenvalue weighted by molar-refractivity contribution is -0.363. The molecule has 6 heteroatoms. The van der Waals surface area contributed by atoms with Gasteiger partial charge in [0.05, 0.1) is 32.0 Å². The highest BCUT2D eigenvalue weighted by molar-refractivity contribution is 6.99. The summed E-state index contributed by atoms with van der Waals surface area (Å²) in [6.45, 7) is 12.4. The second kappa shape index (κ2) is 13.0. The van der Waals surface area contributed by atoms with Crippen LogP contribution in [-0.4, -0.2) is 44.9 Å². The monoisotopic (exact) mass is 622 g/mol. The molecule has 0 aliphatic carbocycles. The number of ether oxygens (including phenoxy) is 4. The standard InChI is InChI=1S/C39H46O5Si/c1-37(2,3)45(32-22-14-8-15-23-32,33-24-16-9-17-25-33)42-29-39(5)34(40-27-30-18-10-6-11-19-30)26-35-38(4,44-39)28-41-36(43-35)31-20-12-7-13-21-31/h6-25,34-36H,26-29H2,1-5H3/t34-,35+,36-,38-,39+/m1/s1. The van der Waals surface area contributed by atoms with Crippen LogP contribution in [0.4, 0.5) is 0 Å². The lowest BCUT2D eigenvalue weighted by Crippen LogP contribution is -2.70. The van der Waals surface area contributed by atoms with E-state index in [4.69, 9.17) is 23.4 Å². The van der Waals surface area contributed by atoms with Gasteiger partial charge in [-0.05, 0) is 34.8 Å². The third kappa shape index (κ3) is 6.46. The van der Waals surface area contributed by atoms with Gasteiger partial charge >= 0.3 is 0 Å². The highest BCUT2D eigenvalue weighted by Gasteiger charge is 2.58. The van der Waals surface area contributed by atoms with E-state index in [2.05, 4.69) is 107 Å². The van der Waals surface area contributed by atoms with Crippen molar-refractivity contribution in [3.05, 3.63) is 132 Å². The van der Waals surface area contributed by atoms with Crippen LogP contribution in [0, 0.1) is 0 Å². The fraction of sp³-hybridized carbons (Fsp3) is 0.385. The summed E-state index contributed by atoms with van der Waals surface area (Å²) in [7, 11) is -2.82. The molecule has 0 spiro atoms. The molecule has 4 aromatic carbocycles. The van der Waals surface area contributed by atoms with Crippen molar-refractivity contribution in [3.63, 3.8) is 0 Å². The number of benzene rings is 4. The van der Waals surface area contributed by atoms with Crippen molar-refractivity contribution in [2.24, 2.45) is 0 Å². The molecule has 0 N–H and O–H groups in total. The van der Waals surface area contributed by atoms with Crippen LogP contribution in [0.25, 0.3) is 0 Å². The van der Waals surface area contributed by atoms with Crippen molar-refractivity contribution >= 4 is 18.7 Å². The van der Waals surface area contributed by atoms with Crippen molar-refractivity contribution in [1.82, 2.24) is 0 Å². The summed E-state index contributed by atoms with van der Waals surface area (Å²) < 4.78 is 34.3. The zero-order valence-corrected chi connectivity index (χ0v) is 28.1. The molecular formula is C39H46O5Si. The quantitative estimate of drug-likeness (QED) is 0.185. The van der Waals surface area contributed by atoms with E-state index in [0.29, 0.717) is 26.2 Å². The normalized spacial score (nSPS) is 27.1. The Labute approximate surface area is 269 Å². The zero-order chi connectivity index (χ0) is 31.5. The molecule has 236 valence electrons. The maximum absolute atomic E-state index is 7.46. The minimum absolute atomic E-state index is 0.159. The highest BCUT2D eigenvalue weighted by Crippen LogP contribution is 2.46. The SMILES string of the molecule is CC(C)(C)[Si](OC[C@]1(C)O[C@]2(C)CO[C@@H](c3ccccc3)O[C@H]2C[C@H]1OCc1ccccc1)(c1ccccc1)c1ccccc1. The molecule has 5 atom stereocenters. The van der Waals surface area contributed by atoms with Gasteiger partial charge in [0.2, 0.25) is 0 Å². The van der Waals surface area contributed by atoms with Gasteiger partial charge in [-0.15, -0.1) is 0 Å². The fourth-order valence-electron chi connectivity index (χ4n) is 7.04. The predicted molar refractivity (Wildman–Crippen MR) is 181 cm³/mol. The first-order valence-electron chi connectivity index (χ1n) is 16.1. The van der Waals surface area contributed by atoms with Crippen LogP contribution in [0.15, 0.2) is 121 Å². The predicted octanol–water partition coefficient (Wildman–Crippen LogP) is 7.20. The van der Waals surface area contributed by atoms with Crippen molar-refractivity contribution in [2.75, 3.05) is 13.2 Å². The van der Waals surface area contributed by atoms with Gasteiger partial charge in [0.25, 0.3) is 8.32 Å². The van der Waals surface area contributed by atoms with E-state index >= 15 is 0 Å². The first kappa shape index (κ1) is 31.9. The number of rotatable bonds is 9. The lowest BCUT2D eigenvalue weighted by atomic mass is 9.82. The van der Waals surface area contributed by atoms with Gasteiger partial charge in [0, 0.05) is 12.0 Å². The van der Waals surface area contributed by atoms with E-state index in [0.717, 1.165) is 11.1 Å². The maximum atomic E-state index is 7.46. The van der Waals surface area contributed by atoms with Crippen molar-refractivity contribution in [2.45, 2.75) is 82.4 Å². The third-order valence-corrected chi connectivity index (χ3v) is 14.4. The molecule has 4 aromatic rings. The van der Waals surface area contributed by atoms with E-state index < -0.39 is 25.8 Å². The average molecular weight is 623 g/mol. The Morgan fingerprint density at radius 2 is 1.29 bits per heavy atom. The molecule has 2 saturated heterocycles. The van der Waals surface area contributed by atoms with Crippen LogP contribution < -0.4 is 10.4 Å². The number of hydrogen-bond acceptors (Lipinski definition) is 5.